The fourth-order valence-corrected chi connectivity index (χ4v) is 3.02. The van der Waals surface area contributed by atoms with Crippen molar-refractivity contribution in [3.8, 4) is 0 Å². The lowest BCUT2D eigenvalue weighted by Crippen LogP contribution is -2.28. The lowest BCUT2D eigenvalue weighted by molar-refractivity contribution is 0.683. The highest BCUT2D eigenvalue weighted by Crippen LogP contribution is 2.20. The Bertz CT molecular complexity index is 402. The maximum Gasteiger partial charge on any atom is 0.157 e. The molecule has 1 aromatic rings. The largest absolute Gasteiger partial charge is 0.358 e. The number of thioether (sulfide) groups is 1. The van der Waals surface area contributed by atoms with Crippen molar-refractivity contribution in [2.24, 2.45) is 4.99 Å². The van der Waals surface area contributed by atoms with E-state index in [2.05, 4.69) is 36.3 Å². The van der Waals surface area contributed by atoms with Gasteiger partial charge in [-0.25, -0.2) is 0 Å². The van der Waals surface area contributed by atoms with Gasteiger partial charge in [0.15, 0.2) is 5.17 Å². The average molecular weight is 269 g/mol. The molecule has 4 heteroatoms. The summed E-state index contributed by atoms with van der Waals surface area (Å²) < 4.78 is 0. The van der Waals surface area contributed by atoms with Crippen molar-refractivity contribution in [2.75, 3.05) is 5.75 Å². The second-order valence-corrected chi connectivity index (χ2v) is 5.86. The van der Waals surface area contributed by atoms with Crippen molar-refractivity contribution in [1.29, 1.82) is 0 Å². The minimum Gasteiger partial charge on any atom is -0.358 e. The molecule has 0 spiro atoms. The van der Waals surface area contributed by atoms with Crippen LogP contribution in [0.3, 0.4) is 0 Å². The second-order valence-electron chi connectivity index (χ2n) is 4.34. The molecule has 2 rings (SSSR count). The zero-order valence-electron chi connectivity index (χ0n) is 10.1. The van der Waals surface area contributed by atoms with Gasteiger partial charge in [-0.05, 0) is 38.0 Å². The van der Waals surface area contributed by atoms with Crippen LogP contribution >= 0.6 is 23.4 Å². The van der Waals surface area contributed by atoms with E-state index in [1.54, 1.807) is 11.8 Å². The minimum atomic E-state index is 0.267. The Labute approximate surface area is 112 Å². The summed E-state index contributed by atoms with van der Waals surface area (Å²) in [5.41, 5.74) is 1.23. The Morgan fingerprint density at radius 2 is 2.12 bits per heavy atom. The first-order chi connectivity index (χ1) is 8.15. The third-order valence-corrected chi connectivity index (χ3v) is 4.01. The van der Waals surface area contributed by atoms with Gasteiger partial charge in [0.2, 0.25) is 0 Å². The van der Waals surface area contributed by atoms with Gasteiger partial charge in [0.05, 0.1) is 12.1 Å². The standard InChI is InChI=1S/C13H17ClN2S/c1-9-7-8-17-13(15-9)16-10(2)11-3-5-12(14)6-4-11/h3-6,9-10H,7-8H2,1-2H3,(H,15,16). The summed E-state index contributed by atoms with van der Waals surface area (Å²) >= 11 is 7.69. The van der Waals surface area contributed by atoms with Crippen LogP contribution in [0.1, 0.15) is 31.9 Å². The highest BCUT2D eigenvalue weighted by molar-refractivity contribution is 8.13. The minimum absolute atomic E-state index is 0.267. The molecule has 0 amide bonds. The number of amidine groups is 1. The predicted molar refractivity (Wildman–Crippen MR) is 77.0 cm³/mol. The predicted octanol–water partition coefficient (Wildman–Crippen LogP) is 3.87. The number of nitrogens with zero attached hydrogens (tertiary/aromatic N) is 1. The Morgan fingerprint density at radius 1 is 1.41 bits per heavy atom. The van der Waals surface area contributed by atoms with Gasteiger partial charge >= 0.3 is 0 Å². The summed E-state index contributed by atoms with van der Waals surface area (Å²) in [5, 5.41) is 5.29. The van der Waals surface area contributed by atoms with E-state index in [0.29, 0.717) is 6.04 Å². The van der Waals surface area contributed by atoms with Gasteiger partial charge in [-0.3, -0.25) is 4.99 Å². The molecule has 0 radical (unpaired) electrons. The molecular weight excluding hydrogens is 252 g/mol. The van der Waals surface area contributed by atoms with E-state index in [9.17, 15) is 0 Å². The number of hydrogen-bond acceptors (Lipinski definition) is 3. The first-order valence-electron chi connectivity index (χ1n) is 5.88. The average Bonchev–Trinajstić information content (AvgIpc) is 2.29. The molecule has 17 heavy (non-hydrogen) atoms. The van der Waals surface area contributed by atoms with Gasteiger partial charge in [0.1, 0.15) is 0 Å². The van der Waals surface area contributed by atoms with Gasteiger partial charge in [-0.2, -0.15) is 0 Å². The smallest absolute Gasteiger partial charge is 0.157 e. The normalized spacial score (nSPS) is 21.8. The van der Waals surface area contributed by atoms with Crippen molar-refractivity contribution >= 4 is 28.5 Å². The molecule has 0 saturated heterocycles. The number of nitrogens with one attached hydrogen (secondary N) is 1. The van der Waals surface area contributed by atoms with E-state index in [0.717, 1.165) is 15.9 Å². The Morgan fingerprint density at radius 3 is 2.76 bits per heavy atom. The van der Waals surface area contributed by atoms with Crippen LogP contribution in [-0.2, 0) is 0 Å². The summed E-state index contributed by atoms with van der Waals surface area (Å²) in [6, 6.07) is 8.66. The number of halogens is 1. The van der Waals surface area contributed by atoms with Crippen molar-refractivity contribution in [3.63, 3.8) is 0 Å². The third-order valence-electron chi connectivity index (χ3n) is 2.82. The number of rotatable bonds is 2. The maximum atomic E-state index is 5.88. The molecule has 0 saturated carbocycles. The maximum absolute atomic E-state index is 5.88. The summed E-state index contributed by atoms with van der Waals surface area (Å²) in [4.78, 5) is 4.61. The fourth-order valence-electron chi connectivity index (χ4n) is 1.73. The summed E-state index contributed by atoms with van der Waals surface area (Å²) in [6.07, 6.45) is 1.17. The Kier molecular flexibility index (Phi) is 4.35. The van der Waals surface area contributed by atoms with Crippen LogP contribution < -0.4 is 5.32 Å². The molecule has 2 unspecified atom stereocenters. The summed E-state index contributed by atoms with van der Waals surface area (Å²) in [5.74, 6) is 1.15. The van der Waals surface area contributed by atoms with Crippen molar-refractivity contribution < 1.29 is 0 Å². The van der Waals surface area contributed by atoms with Gasteiger partial charge in [0.25, 0.3) is 0 Å². The molecule has 1 aliphatic heterocycles. The van der Waals surface area contributed by atoms with Crippen LogP contribution in [0.25, 0.3) is 0 Å². The quantitative estimate of drug-likeness (QED) is 0.881. The molecule has 0 aliphatic carbocycles. The number of aliphatic imine (C=N–C) groups is 1. The molecule has 1 N–H and O–H groups in total. The van der Waals surface area contributed by atoms with Gasteiger partial charge < -0.3 is 5.32 Å². The zero-order chi connectivity index (χ0) is 12.3. The SMILES string of the molecule is CC1CCSC(NC(C)c2ccc(Cl)cc2)=N1. The van der Waals surface area contributed by atoms with E-state index < -0.39 is 0 Å². The molecule has 1 heterocycles. The van der Waals surface area contributed by atoms with Gasteiger partial charge in [0, 0.05) is 10.8 Å². The zero-order valence-corrected chi connectivity index (χ0v) is 11.7. The summed E-state index contributed by atoms with van der Waals surface area (Å²) in [7, 11) is 0. The van der Waals surface area contributed by atoms with Crippen LogP contribution in [0.2, 0.25) is 5.02 Å². The second kappa shape index (κ2) is 5.78. The molecule has 0 bridgehead atoms. The first kappa shape index (κ1) is 12.8. The van der Waals surface area contributed by atoms with Crippen molar-refractivity contribution in [3.05, 3.63) is 34.9 Å². The van der Waals surface area contributed by atoms with Crippen LogP contribution in [0.15, 0.2) is 29.3 Å². The molecule has 1 aromatic carbocycles. The molecule has 2 atom stereocenters. The molecule has 0 fully saturated rings. The van der Waals surface area contributed by atoms with Crippen LogP contribution in [-0.4, -0.2) is 17.0 Å². The van der Waals surface area contributed by atoms with E-state index >= 15 is 0 Å². The highest BCUT2D eigenvalue weighted by atomic mass is 35.5. The van der Waals surface area contributed by atoms with Gasteiger partial charge in [-0.1, -0.05) is 35.5 Å². The lowest BCUT2D eigenvalue weighted by atomic mass is 10.1. The molecule has 2 nitrogen and oxygen atoms in total. The van der Waals surface area contributed by atoms with Crippen LogP contribution in [0.5, 0.6) is 0 Å². The first-order valence-corrected chi connectivity index (χ1v) is 7.24. The number of benzene rings is 1. The van der Waals surface area contributed by atoms with E-state index in [1.165, 1.54) is 12.0 Å². The molecule has 1 aliphatic rings. The summed E-state index contributed by atoms with van der Waals surface area (Å²) in [6.45, 7) is 4.31. The van der Waals surface area contributed by atoms with Crippen molar-refractivity contribution in [1.82, 2.24) is 5.32 Å². The monoisotopic (exact) mass is 268 g/mol. The lowest BCUT2D eigenvalue weighted by Gasteiger charge is -2.21. The molecule has 0 aromatic heterocycles. The Balaban J connectivity index is 2.01. The molecule has 92 valence electrons. The highest BCUT2D eigenvalue weighted by Gasteiger charge is 2.14. The fraction of sp³-hybridized carbons (Fsp3) is 0.462. The van der Waals surface area contributed by atoms with E-state index in [1.807, 2.05) is 12.1 Å². The molecular formula is C13H17ClN2S. The Hall–Kier alpha value is -0.670. The van der Waals surface area contributed by atoms with E-state index in [4.69, 9.17) is 11.6 Å². The topological polar surface area (TPSA) is 24.4 Å². The van der Waals surface area contributed by atoms with Crippen molar-refractivity contribution in [2.45, 2.75) is 32.4 Å². The van der Waals surface area contributed by atoms with Gasteiger partial charge in [-0.15, -0.1) is 0 Å². The van der Waals surface area contributed by atoms with Crippen LogP contribution in [0.4, 0.5) is 0 Å². The third kappa shape index (κ3) is 3.65. The number of hydrogen-bond donors (Lipinski definition) is 1. The van der Waals surface area contributed by atoms with Crippen LogP contribution in [0, 0.1) is 0 Å². The van der Waals surface area contributed by atoms with E-state index in [-0.39, 0.29) is 6.04 Å².